The lowest BCUT2D eigenvalue weighted by atomic mass is 10.1. The van der Waals surface area contributed by atoms with Crippen molar-refractivity contribution in [3.05, 3.63) is 0 Å². The van der Waals surface area contributed by atoms with Crippen molar-refractivity contribution in [1.29, 1.82) is 0 Å². The lowest BCUT2D eigenvalue weighted by molar-refractivity contribution is -0.151. The summed E-state index contributed by atoms with van der Waals surface area (Å²) in [6.07, 6.45) is 3.86. The van der Waals surface area contributed by atoms with Gasteiger partial charge in [-0.3, -0.25) is 4.84 Å². The zero-order valence-electron chi connectivity index (χ0n) is 7.45. The van der Waals surface area contributed by atoms with Crippen LogP contribution in [0.1, 0.15) is 39.0 Å². The van der Waals surface area contributed by atoms with Crippen molar-refractivity contribution in [2.24, 2.45) is 5.90 Å². The Labute approximate surface area is 72.7 Å². The maximum Gasteiger partial charge on any atom is 0.334 e. The van der Waals surface area contributed by atoms with E-state index in [2.05, 4.69) is 11.8 Å². The molecule has 0 aliphatic heterocycles. The molecule has 1 atom stereocenters. The van der Waals surface area contributed by atoms with Crippen LogP contribution in [0.3, 0.4) is 0 Å². The van der Waals surface area contributed by atoms with E-state index in [0.29, 0.717) is 6.42 Å². The monoisotopic (exact) mass is 175 g/mol. The van der Waals surface area contributed by atoms with Crippen LogP contribution in [0.4, 0.5) is 0 Å². The Morgan fingerprint density at radius 2 is 2.17 bits per heavy atom. The zero-order valence-corrected chi connectivity index (χ0v) is 7.45. The molecule has 0 aliphatic rings. The normalized spacial score (nSPS) is 12.8. The maximum absolute atomic E-state index is 10.4. The quantitative estimate of drug-likeness (QED) is 0.452. The van der Waals surface area contributed by atoms with Crippen LogP contribution in [-0.2, 0) is 9.63 Å². The molecule has 0 bridgehead atoms. The lowest BCUT2D eigenvalue weighted by Gasteiger charge is -2.08. The second-order valence-corrected chi connectivity index (χ2v) is 2.81. The number of carboxylic acid groups (broad SMARTS) is 1. The van der Waals surface area contributed by atoms with Gasteiger partial charge in [0.05, 0.1) is 0 Å². The summed E-state index contributed by atoms with van der Waals surface area (Å²) >= 11 is 0. The average molecular weight is 175 g/mol. The van der Waals surface area contributed by atoms with Gasteiger partial charge in [-0.05, 0) is 6.42 Å². The predicted molar refractivity (Wildman–Crippen MR) is 45.5 cm³/mol. The Kier molecular flexibility index (Phi) is 6.70. The fourth-order valence-electron chi connectivity index (χ4n) is 1.01. The second-order valence-electron chi connectivity index (χ2n) is 2.81. The summed E-state index contributed by atoms with van der Waals surface area (Å²) in [4.78, 5) is 14.7. The van der Waals surface area contributed by atoms with Gasteiger partial charge in [0.1, 0.15) is 0 Å². The summed E-state index contributed by atoms with van der Waals surface area (Å²) in [6, 6.07) is 0. The number of carbonyl (C=O) groups is 1. The van der Waals surface area contributed by atoms with Crippen molar-refractivity contribution in [2.45, 2.75) is 45.1 Å². The molecule has 3 N–H and O–H groups in total. The van der Waals surface area contributed by atoms with Gasteiger partial charge < -0.3 is 5.11 Å². The molecule has 4 heteroatoms. The van der Waals surface area contributed by atoms with Crippen LogP contribution in [-0.4, -0.2) is 17.2 Å². The molecule has 0 aromatic rings. The molecule has 0 aromatic carbocycles. The van der Waals surface area contributed by atoms with Crippen molar-refractivity contribution in [3.63, 3.8) is 0 Å². The highest BCUT2D eigenvalue weighted by Crippen LogP contribution is 2.06. The highest BCUT2D eigenvalue weighted by Gasteiger charge is 2.15. The van der Waals surface area contributed by atoms with Gasteiger partial charge in [0.2, 0.25) is 0 Å². The average Bonchev–Trinajstić information content (AvgIpc) is 2.04. The zero-order chi connectivity index (χ0) is 9.40. The summed E-state index contributed by atoms with van der Waals surface area (Å²) in [5.41, 5.74) is 0. The van der Waals surface area contributed by atoms with Crippen LogP contribution in [0.15, 0.2) is 0 Å². The van der Waals surface area contributed by atoms with Crippen LogP contribution in [0.2, 0.25) is 0 Å². The Hall–Kier alpha value is -0.610. The van der Waals surface area contributed by atoms with Crippen molar-refractivity contribution in [1.82, 2.24) is 0 Å². The van der Waals surface area contributed by atoms with Gasteiger partial charge in [0.15, 0.2) is 6.10 Å². The van der Waals surface area contributed by atoms with Crippen LogP contribution in [0, 0.1) is 0 Å². The molecular weight excluding hydrogens is 158 g/mol. The van der Waals surface area contributed by atoms with E-state index in [1.165, 1.54) is 0 Å². The van der Waals surface area contributed by atoms with Gasteiger partial charge in [0, 0.05) is 0 Å². The number of hydrogen-bond donors (Lipinski definition) is 2. The summed E-state index contributed by atoms with van der Waals surface area (Å²) in [6.45, 7) is 2.11. The molecule has 0 aromatic heterocycles. The topological polar surface area (TPSA) is 72.5 Å². The second kappa shape index (κ2) is 7.06. The maximum atomic E-state index is 10.4. The molecule has 0 fully saturated rings. The standard InChI is InChI=1S/C8H17NO3/c1-2-3-4-5-6-7(12-9)8(10)11/h7H,2-6,9H2,1H3,(H,10,11). The minimum Gasteiger partial charge on any atom is -0.479 e. The third-order valence-corrected chi connectivity index (χ3v) is 1.76. The Morgan fingerprint density at radius 1 is 1.50 bits per heavy atom. The fraction of sp³-hybridized carbons (Fsp3) is 0.875. The molecule has 0 aliphatic carbocycles. The van der Waals surface area contributed by atoms with Crippen LogP contribution >= 0.6 is 0 Å². The summed E-state index contributed by atoms with van der Waals surface area (Å²) < 4.78 is 0. The molecule has 0 heterocycles. The number of rotatable bonds is 7. The lowest BCUT2D eigenvalue weighted by Crippen LogP contribution is -2.26. The minimum absolute atomic E-state index is 0.506. The number of unbranched alkanes of at least 4 members (excludes halogenated alkanes) is 3. The predicted octanol–water partition coefficient (Wildman–Crippen LogP) is 1.30. The van der Waals surface area contributed by atoms with E-state index >= 15 is 0 Å². The molecule has 0 amide bonds. The molecule has 0 saturated carbocycles. The SMILES string of the molecule is CCCCCCC(ON)C(=O)O. The van der Waals surface area contributed by atoms with Gasteiger partial charge in [-0.25, -0.2) is 10.7 Å². The summed E-state index contributed by atoms with van der Waals surface area (Å²) in [5.74, 6) is 3.83. The first kappa shape index (κ1) is 11.4. The highest BCUT2D eigenvalue weighted by atomic mass is 16.6. The van der Waals surface area contributed by atoms with Gasteiger partial charge in [-0.1, -0.05) is 32.6 Å². The van der Waals surface area contributed by atoms with E-state index in [9.17, 15) is 4.79 Å². The molecule has 1 unspecified atom stereocenters. The third-order valence-electron chi connectivity index (χ3n) is 1.76. The van der Waals surface area contributed by atoms with E-state index < -0.39 is 12.1 Å². The van der Waals surface area contributed by atoms with Crippen molar-refractivity contribution >= 4 is 5.97 Å². The Balaban J connectivity index is 3.38. The number of hydrogen-bond acceptors (Lipinski definition) is 3. The number of nitrogens with two attached hydrogens (primary N) is 1. The van der Waals surface area contributed by atoms with Crippen molar-refractivity contribution < 1.29 is 14.7 Å². The van der Waals surface area contributed by atoms with Gasteiger partial charge in [-0.15, -0.1) is 0 Å². The molecule has 12 heavy (non-hydrogen) atoms. The fourth-order valence-corrected chi connectivity index (χ4v) is 1.01. The van der Waals surface area contributed by atoms with Crippen molar-refractivity contribution in [3.8, 4) is 0 Å². The first-order chi connectivity index (χ1) is 5.72. The number of aliphatic carboxylic acids is 1. The first-order valence-corrected chi connectivity index (χ1v) is 4.30. The minimum atomic E-state index is -0.978. The van der Waals surface area contributed by atoms with E-state index in [-0.39, 0.29) is 0 Å². The molecule has 0 radical (unpaired) electrons. The van der Waals surface area contributed by atoms with Crippen molar-refractivity contribution in [2.75, 3.05) is 0 Å². The summed E-state index contributed by atoms with van der Waals surface area (Å²) in [5, 5.41) is 8.52. The Morgan fingerprint density at radius 3 is 2.58 bits per heavy atom. The van der Waals surface area contributed by atoms with Gasteiger partial charge in [0.25, 0.3) is 0 Å². The summed E-state index contributed by atoms with van der Waals surface area (Å²) in [7, 11) is 0. The molecule has 0 rings (SSSR count). The molecular formula is C8H17NO3. The van der Waals surface area contributed by atoms with Crippen LogP contribution in [0.25, 0.3) is 0 Å². The van der Waals surface area contributed by atoms with Crippen LogP contribution in [0.5, 0.6) is 0 Å². The largest absolute Gasteiger partial charge is 0.479 e. The van der Waals surface area contributed by atoms with E-state index in [4.69, 9.17) is 11.0 Å². The van der Waals surface area contributed by atoms with Gasteiger partial charge >= 0.3 is 5.97 Å². The third kappa shape index (κ3) is 5.09. The first-order valence-electron chi connectivity index (χ1n) is 4.30. The van der Waals surface area contributed by atoms with E-state index in [1.54, 1.807) is 0 Å². The molecule has 0 spiro atoms. The van der Waals surface area contributed by atoms with Crippen LogP contribution < -0.4 is 5.90 Å². The Bertz CT molecular complexity index is 127. The molecule has 72 valence electrons. The molecule has 4 nitrogen and oxygen atoms in total. The number of carboxylic acids is 1. The smallest absolute Gasteiger partial charge is 0.334 e. The van der Waals surface area contributed by atoms with Gasteiger partial charge in [-0.2, -0.15) is 0 Å². The highest BCUT2D eigenvalue weighted by molar-refractivity contribution is 5.72. The molecule has 0 saturated heterocycles. The van der Waals surface area contributed by atoms with E-state index in [0.717, 1.165) is 25.7 Å². The van der Waals surface area contributed by atoms with E-state index in [1.807, 2.05) is 0 Å².